The molecule has 1 N–H and O–H groups in total. The predicted octanol–water partition coefficient (Wildman–Crippen LogP) is 3.11. The van der Waals surface area contributed by atoms with E-state index in [1.165, 1.54) is 28.6 Å². The van der Waals surface area contributed by atoms with Gasteiger partial charge in [-0.1, -0.05) is 13.8 Å². The van der Waals surface area contributed by atoms with Gasteiger partial charge in [0.05, 0.1) is 10.5 Å². The molecule has 0 bridgehead atoms. The highest BCUT2D eigenvalue weighted by Gasteiger charge is 2.22. The Morgan fingerprint density at radius 2 is 1.83 bits per heavy atom. The van der Waals surface area contributed by atoms with Crippen LogP contribution in [0, 0.1) is 11.3 Å². The van der Waals surface area contributed by atoms with Crippen molar-refractivity contribution in [3.8, 4) is 6.07 Å². The number of aryl methyl sites for hydroxylation is 2. The van der Waals surface area contributed by atoms with E-state index >= 15 is 0 Å². The van der Waals surface area contributed by atoms with Gasteiger partial charge in [0.25, 0.3) is 5.91 Å². The van der Waals surface area contributed by atoms with Gasteiger partial charge in [-0.3, -0.25) is 4.79 Å². The molecule has 2 aromatic rings. The van der Waals surface area contributed by atoms with Crippen molar-refractivity contribution in [2.75, 3.05) is 18.4 Å². The van der Waals surface area contributed by atoms with Crippen molar-refractivity contribution in [3.63, 3.8) is 0 Å². The summed E-state index contributed by atoms with van der Waals surface area (Å²) in [5.74, 6) is -0.186. The Kier molecular flexibility index (Phi) is 6.30. The molecular formula is C21H24N4O3S. The van der Waals surface area contributed by atoms with Crippen LogP contribution in [0.3, 0.4) is 0 Å². The lowest BCUT2D eigenvalue weighted by atomic mass is 9.95. The topological polar surface area (TPSA) is 103 Å². The summed E-state index contributed by atoms with van der Waals surface area (Å²) >= 11 is 0. The van der Waals surface area contributed by atoms with Gasteiger partial charge in [0, 0.05) is 24.3 Å². The van der Waals surface area contributed by atoms with Crippen LogP contribution in [0.2, 0.25) is 0 Å². The Hall–Kier alpha value is -2.76. The minimum atomic E-state index is -3.58. The lowest BCUT2D eigenvalue weighted by molar-refractivity contribution is 0.102. The van der Waals surface area contributed by atoms with Gasteiger partial charge in [-0.2, -0.15) is 9.57 Å². The maximum absolute atomic E-state index is 12.6. The van der Waals surface area contributed by atoms with E-state index in [0.29, 0.717) is 24.2 Å². The predicted molar refractivity (Wildman–Crippen MR) is 110 cm³/mol. The number of hydrogen-bond donors (Lipinski definition) is 1. The summed E-state index contributed by atoms with van der Waals surface area (Å²) in [6.07, 6.45) is 3.85. The molecule has 1 aromatic carbocycles. The minimum Gasteiger partial charge on any atom is -0.305 e. The molecule has 1 heterocycles. The van der Waals surface area contributed by atoms with Crippen LogP contribution in [-0.4, -0.2) is 36.7 Å². The van der Waals surface area contributed by atoms with Crippen molar-refractivity contribution in [1.29, 1.82) is 5.26 Å². The number of carbonyl (C=O) groups is 1. The summed E-state index contributed by atoms with van der Waals surface area (Å²) in [5, 5.41) is 12.1. The van der Waals surface area contributed by atoms with E-state index in [2.05, 4.69) is 16.4 Å². The third-order valence-corrected chi connectivity index (χ3v) is 7.18. The summed E-state index contributed by atoms with van der Waals surface area (Å²) < 4.78 is 26.5. The zero-order valence-electron chi connectivity index (χ0n) is 16.6. The van der Waals surface area contributed by atoms with Crippen LogP contribution in [0.1, 0.15) is 53.9 Å². The number of nitrogens with zero attached hydrogens (tertiary/aromatic N) is 3. The monoisotopic (exact) mass is 412 g/mol. The van der Waals surface area contributed by atoms with Crippen LogP contribution < -0.4 is 5.32 Å². The Labute approximate surface area is 171 Å². The average Bonchev–Trinajstić information content (AvgIpc) is 2.74. The van der Waals surface area contributed by atoms with Crippen molar-refractivity contribution in [2.24, 2.45) is 0 Å². The van der Waals surface area contributed by atoms with Crippen molar-refractivity contribution in [1.82, 2.24) is 9.29 Å². The number of benzene rings is 1. The molecule has 1 amide bonds. The first-order valence-corrected chi connectivity index (χ1v) is 11.2. The van der Waals surface area contributed by atoms with Gasteiger partial charge >= 0.3 is 0 Å². The number of hydrogen-bond acceptors (Lipinski definition) is 5. The highest BCUT2D eigenvalue weighted by molar-refractivity contribution is 7.89. The van der Waals surface area contributed by atoms with Gasteiger partial charge in [-0.15, -0.1) is 0 Å². The number of nitrogens with one attached hydrogen (secondary N) is 1. The number of nitriles is 1. The molecule has 0 fully saturated rings. The molecule has 8 heteroatoms. The summed E-state index contributed by atoms with van der Waals surface area (Å²) in [7, 11) is -3.58. The van der Waals surface area contributed by atoms with Crippen molar-refractivity contribution in [3.05, 3.63) is 52.7 Å². The Morgan fingerprint density at radius 1 is 1.17 bits per heavy atom. The zero-order chi connectivity index (χ0) is 21.0. The molecule has 0 saturated carbocycles. The molecule has 0 radical (unpaired) electrons. The molecule has 0 atom stereocenters. The molecule has 7 nitrogen and oxygen atoms in total. The van der Waals surface area contributed by atoms with Gasteiger partial charge in [-0.25, -0.2) is 13.4 Å². The highest BCUT2D eigenvalue weighted by atomic mass is 32.2. The number of fused-ring (bicyclic) bond motifs is 1. The quantitative estimate of drug-likeness (QED) is 0.785. The van der Waals surface area contributed by atoms with Gasteiger partial charge in [-0.05, 0) is 61.6 Å². The highest BCUT2D eigenvalue weighted by Crippen LogP contribution is 2.25. The van der Waals surface area contributed by atoms with Crippen LogP contribution in [0.5, 0.6) is 0 Å². The molecule has 0 aliphatic heterocycles. The van der Waals surface area contributed by atoms with E-state index in [-0.39, 0.29) is 10.7 Å². The average molecular weight is 413 g/mol. The number of aromatic nitrogens is 1. The lowest BCUT2D eigenvalue weighted by Gasteiger charge is -2.18. The van der Waals surface area contributed by atoms with E-state index < -0.39 is 15.9 Å². The van der Waals surface area contributed by atoms with Crippen LogP contribution in [0.25, 0.3) is 0 Å². The molecule has 0 unspecified atom stereocenters. The smallest absolute Gasteiger partial charge is 0.256 e. The first-order chi connectivity index (χ1) is 13.9. The second kappa shape index (κ2) is 8.72. The van der Waals surface area contributed by atoms with Gasteiger partial charge in [0.2, 0.25) is 10.0 Å². The third-order valence-electron chi connectivity index (χ3n) is 5.11. The molecule has 1 aliphatic rings. The number of anilines is 1. The second-order valence-corrected chi connectivity index (χ2v) is 8.82. The Bertz CT molecular complexity index is 1050. The molecule has 1 aliphatic carbocycles. The molecule has 29 heavy (non-hydrogen) atoms. The lowest BCUT2D eigenvalue weighted by Crippen LogP contribution is -2.30. The Balaban J connectivity index is 1.83. The van der Waals surface area contributed by atoms with Crippen molar-refractivity contribution < 1.29 is 13.2 Å². The number of sulfonamides is 1. The van der Waals surface area contributed by atoms with Crippen molar-refractivity contribution in [2.45, 2.75) is 44.4 Å². The largest absolute Gasteiger partial charge is 0.305 e. The molecule has 0 spiro atoms. The fourth-order valence-electron chi connectivity index (χ4n) is 3.48. The number of pyridine rings is 1. The van der Waals surface area contributed by atoms with E-state index in [1.54, 1.807) is 19.9 Å². The van der Waals surface area contributed by atoms with Crippen LogP contribution in [0.4, 0.5) is 5.82 Å². The minimum absolute atomic E-state index is 0.141. The third kappa shape index (κ3) is 4.31. The van der Waals surface area contributed by atoms with E-state index in [1.807, 2.05) is 0 Å². The van der Waals surface area contributed by atoms with Gasteiger partial charge < -0.3 is 5.32 Å². The second-order valence-electron chi connectivity index (χ2n) is 6.88. The fraction of sp³-hybridized carbons (Fsp3) is 0.381. The summed E-state index contributed by atoms with van der Waals surface area (Å²) in [6, 6.07) is 9.68. The van der Waals surface area contributed by atoms with E-state index in [4.69, 9.17) is 0 Å². The maximum atomic E-state index is 12.6. The van der Waals surface area contributed by atoms with Crippen LogP contribution in [-0.2, 0) is 22.9 Å². The zero-order valence-corrected chi connectivity index (χ0v) is 17.4. The Morgan fingerprint density at radius 3 is 2.45 bits per heavy atom. The summed E-state index contributed by atoms with van der Waals surface area (Å²) in [6.45, 7) is 4.31. The first-order valence-electron chi connectivity index (χ1n) is 9.75. The van der Waals surface area contributed by atoms with E-state index in [0.717, 1.165) is 36.9 Å². The molecule has 152 valence electrons. The maximum Gasteiger partial charge on any atom is 0.256 e. The van der Waals surface area contributed by atoms with Crippen molar-refractivity contribution >= 4 is 21.7 Å². The molecule has 3 rings (SSSR count). The van der Waals surface area contributed by atoms with Crippen LogP contribution in [0.15, 0.2) is 35.2 Å². The summed E-state index contributed by atoms with van der Waals surface area (Å²) in [5.41, 5.74) is 2.62. The van der Waals surface area contributed by atoms with Crippen LogP contribution >= 0.6 is 0 Å². The number of rotatable bonds is 6. The summed E-state index contributed by atoms with van der Waals surface area (Å²) in [4.78, 5) is 17.3. The first kappa shape index (κ1) is 21.0. The SMILES string of the molecule is CCN(CC)S(=O)(=O)c1ccc(C(=O)Nc2nc3c(cc2C#N)CCCC3)cc1. The molecular weight excluding hydrogens is 388 g/mol. The normalized spacial score (nSPS) is 13.6. The standard InChI is InChI=1S/C21H24N4O3S/c1-3-25(4-2)29(27,28)18-11-9-15(10-12-18)21(26)24-20-17(14-22)13-16-7-5-6-8-19(16)23-20/h9-13H,3-8H2,1-2H3,(H,23,24,26). The number of amides is 1. The fourth-order valence-corrected chi connectivity index (χ4v) is 4.94. The van der Waals surface area contributed by atoms with Gasteiger partial charge in [0.15, 0.2) is 5.82 Å². The molecule has 1 aromatic heterocycles. The molecule has 0 saturated heterocycles. The van der Waals surface area contributed by atoms with E-state index in [9.17, 15) is 18.5 Å². The number of carbonyl (C=O) groups excluding carboxylic acids is 1. The van der Waals surface area contributed by atoms with Gasteiger partial charge in [0.1, 0.15) is 6.07 Å².